The van der Waals surface area contributed by atoms with Crippen molar-refractivity contribution in [1.82, 2.24) is 19.7 Å². The second kappa shape index (κ2) is 5.94. The van der Waals surface area contributed by atoms with Gasteiger partial charge in [-0.1, -0.05) is 13.8 Å². The van der Waals surface area contributed by atoms with Gasteiger partial charge in [-0.2, -0.15) is 9.78 Å². The van der Waals surface area contributed by atoms with E-state index in [-0.39, 0.29) is 0 Å². The second-order valence-corrected chi connectivity index (χ2v) is 6.43. The zero-order chi connectivity index (χ0) is 15.7. The van der Waals surface area contributed by atoms with E-state index in [0.717, 1.165) is 42.3 Å². The molecule has 6 nitrogen and oxygen atoms in total. The van der Waals surface area contributed by atoms with E-state index in [0.29, 0.717) is 5.82 Å². The minimum Gasteiger partial charge on any atom is -0.384 e. The average molecular weight is 300 g/mol. The molecule has 0 radical (unpaired) electrons. The number of nitrogens with two attached hydrogens (primary N) is 1. The summed E-state index contributed by atoms with van der Waals surface area (Å²) in [7, 11) is 0. The number of nitrogen functional groups attached to an aromatic ring is 1. The Bertz CT molecular complexity index is 640. The molecule has 0 aliphatic carbocycles. The van der Waals surface area contributed by atoms with Gasteiger partial charge in [-0.05, 0) is 31.6 Å². The Hall–Kier alpha value is -2.11. The van der Waals surface area contributed by atoms with Crippen LogP contribution in [-0.4, -0.2) is 32.8 Å². The molecule has 0 spiro atoms. The van der Waals surface area contributed by atoms with Crippen molar-refractivity contribution in [3.63, 3.8) is 0 Å². The zero-order valence-corrected chi connectivity index (χ0v) is 13.5. The first-order chi connectivity index (χ1) is 10.5. The highest BCUT2D eigenvalue weighted by Gasteiger charge is 2.22. The van der Waals surface area contributed by atoms with Gasteiger partial charge in [0.25, 0.3) is 0 Å². The number of hydrogen-bond donors (Lipinski definition) is 1. The van der Waals surface area contributed by atoms with Crippen molar-refractivity contribution >= 4 is 11.6 Å². The first-order valence-corrected chi connectivity index (χ1v) is 7.94. The number of piperidine rings is 1. The van der Waals surface area contributed by atoms with E-state index in [9.17, 15) is 0 Å². The number of aryl methyl sites for hydroxylation is 1. The predicted octanol–water partition coefficient (Wildman–Crippen LogP) is 2.43. The number of rotatable bonds is 3. The van der Waals surface area contributed by atoms with Crippen LogP contribution >= 0.6 is 0 Å². The standard InChI is InChI=1S/C16H24N6/c1-11(2)13-4-6-21(7-5-13)15-9-16(19-10-18-15)22-14(17)8-12(3)20-22/h8-11,13H,4-7,17H2,1-3H3. The fourth-order valence-corrected chi connectivity index (χ4v) is 3.12. The number of anilines is 2. The van der Waals surface area contributed by atoms with Crippen molar-refractivity contribution < 1.29 is 0 Å². The molecule has 0 saturated carbocycles. The van der Waals surface area contributed by atoms with Crippen molar-refractivity contribution in [2.45, 2.75) is 33.6 Å². The van der Waals surface area contributed by atoms with Gasteiger partial charge in [-0.25, -0.2) is 9.97 Å². The maximum atomic E-state index is 5.98. The third-order valence-electron chi connectivity index (χ3n) is 4.52. The van der Waals surface area contributed by atoms with Crippen molar-refractivity contribution in [2.75, 3.05) is 23.7 Å². The van der Waals surface area contributed by atoms with E-state index in [4.69, 9.17) is 5.73 Å². The Labute approximate surface area is 131 Å². The summed E-state index contributed by atoms with van der Waals surface area (Å²) in [4.78, 5) is 11.1. The van der Waals surface area contributed by atoms with Crippen LogP contribution in [0, 0.1) is 18.8 Å². The molecule has 1 aliphatic rings. The lowest BCUT2D eigenvalue weighted by Crippen LogP contribution is -2.35. The van der Waals surface area contributed by atoms with Gasteiger partial charge < -0.3 is 10.6 Å². The maximum absolute atomic E-state index is 5.98. The molecular weight excluding hydrogens is 276 g/mol. The van der Waals surface area contributed by atoms with Gasteiger partial charge in [-0.3, -0.25) is 0 Å². The predicted molar refractivity (Wildman–Crippen MR) is 88.1 cm³/mol. The molecule has 2 N–H and O–H groups in total. The summed E-state index contributed by atoms with van der Waals surface area (Å²) in [5, 5.41) is 4.38. The topological polar surface area (TPSA) is 72.9 Å². The van der Waals surface area contributed by atoms with Crippen LogP contribution in [0.25, 0.3) is 5.82 Å². The molecule has 2 aromatic rings. The molecule has 22 heavy (non-hydrogen) atoms. The molecule has 6 heteroatoms. The quantitative estimate of drug-likeness (QED) is 0.942. The van der Waals surface area contributed by atoms with Gasteiger partial charge in [0.1, 0.15) is 18.0 Å². The molecule has 2 aromatic heterocycles. The van der Waals surface area contributed by atoms with Gasteiger partial charge >= 0.3 is 0 Å². The van der Waals surface area contributed by atoms with Crippen LogP contribution in [0.4, 0.5) is 11.6 Å². The van der Waals surface area contributed by atoms with Crippen LogP contribution in [0.2, 0.25) is 0 Å². The van der Waals surface area contributed by atoms with E-state index in [1.165, 1.54) is 12.8 Å². The summed E-state index contributed by atoms with van der Waals surface area (Å²) in [5.74, 6) is 3.86. The van der Waals surface area contributed by atoms with Crippen molar-refractivity contribution in [2.24, 2.45) is 11.8 Å². The minimum absolute atomic E-state index is 0.598. The molecule has 3 rings (SSSR count). The fourth-order valence-electron chi connectivity index (χ4n) is 3.12. The summed E-state index contributed by atoms with van der Waals surface area (Å²) in [5.41, 5.74) is 6.86. The number of aromatic nitrogens is 4. The van der Waals surface area contributed by atoms with Gasteiger partial charge in [0.15, 0.2) is 5.82 Å². The molecular formula is C16H24N6. The second-order valence-electron chi connectivity index (χ2n) is 6.43. The molecule has 1 saturated heterocycles. The fraction of sp³-hybridized carbons (Fsp3) is 0.562. The molecule has 1 aliphatic heterocycles. The molecule has 0 bridgehead atoms. The smallest absolute Gasteiger partial charge is 0.161 e. The molecule has 3 heterocycles. The summed E-state index contributed by atoms with van der Waals surface area (Å²) >= 11 is 0. The van der Waals surface area contributed by atoms with Gasteiger partial charge in [0.05, 0.1) is 5.69 Å². The lowest BCUT2D eigenvalue weighted by molar-refractivity contribution is 0.310. The first-order valence-electron chi connectivity index (χ1n) is 7.94. The lowest BCUT2D eigenvalue weighted by Gasteiger charge is -2.34. The monoisotopic (exact) mass is 300 g/mol. The highest BCUT2D eigenvalue weighted by Crippen LogP contribution is 2.27. The Morgan fingerprint density at radius 2 is 1.82 bits per heavy atom. The summed E-state index contributed by atoms with van der Waals surface area (Å²) in [6.07, 6.45) is 4.04. The van der Waals surface area contributed by atoms with Crippen molar-refractivity contribution in [3.8, 4) is 5.82 Å². The number of nitrogens with zero attached hydrogens (tertiary/aromatic N) is 5. The molecule has 1 fully saturated rings. The SMILES string of the molecule is Cc1cc(N)n(-c2cc(N3CCC(C(C)C)CC3)ncn2)n1. The molecule has 0 atom stereocenters. The van der Waals surface area contributed by atoms with E-state index in [2.05, 4.69) is 33.8 Å². The van der Waals surface area contributed by atoms with Crippen molar-refractivity contribution in [1.29, 1.82) is 0 Å². The molecule has 0 amide bonds. The zero-order valence-electron chi connectivity index (χ0n) is 13.5. The highest BCUT2D eigenvalue weighted by molar-refractivity contribution is 5.47. The van der Waals surface area contributed by atoms with Gasteiger partial charge in [0, 0.05) is 25.2 Å². The van der Waals surface area contributed by atoms with Crippen LogP contribution < -0.4 is 10.6 Å². The minimum atomic E-state index is 0.598. The summed E-state index contributed by atoms with van der Waals surface area (Å²) in [6.45, 7) is 8.64. The first kappa shape index (κ1) is 14.8. The number of hydrogen-bond acceptors (Lipinski definition) is 5. The summed E-state index contributed by atoms with van der Waals surface area (Å²) < 4.78 is 1.67. The highest BCUT2D eigenvalue weighted by atomic mass is 15.3. The van der Waals surface area contributed by atoms with Gasteiger partial charge in [0.2, 0.25) is 0 Å². The van der Waals surface area contributed by atoms with Crippen LogP contribution in [0.15, 0.2) is 18.5 Å². The van der Waals surface area contributed by atoms with Crippen molar-refractivity contribution in [3.05, 3.63) is 24.2 Å². The summed E-state index contributed by atoms with van der Waals surface area (Å²) in [6, 6.07) is 3.81. The van der Waals surface area contributed by atoms with Crippen LogP contribution in [0.1, 0.15) is 32.4 Å². The van der Waals surface area contributed by atoms with E-state index < -0.39 is 0 Å². The van der Waals surface area contributed by atoms with Gasteiger partial charge in [-0.15, -0.1) is 0 Å². The van der Waals surface area contributed by atoms with E-state index in [1.54, 1.807) is 11.0 Å². The Kier molecular flexibility index (Phi) is 4.00. The maximum Gasteiger partial charge on any atom is 0.161 e. The van der Waals surface area contributed by atoms with E-state index >= 15 is 0 Å². The molecule has 0 aromatic carbocycles. The normalized spacial score (nSPS) is 16.5. The Balaban J connectivity index is 1.79. The average Bonchev–Trinajstić information content (AvgIpc) is 2.86. The van der Waals surface area contributed by atoms with Crippen LogP contribution in [0.5, 0.6) is 0 Å². The third-order valence-corrected chi connectivity index (χ3v) is 4.52. The van der Waals surface area contributed by atoms with E-state index in [1.807, 2.05) is 19.1 Å². The lowest BCUT2D eigenvalue weighted by atomic mass is 9.87. The molecule has 118 valence electrons. The Morgan fingerprint density at radius 3 is 2.41 bits per heavy atom. The van der Waals surface area contributed by atoms with Crippen LogP contribution in [-0.2, 0) is 0 Å². The third kappa shape index (κ3) is 2.91. The Morgan fingerprint density at radius 1 is 1.14 bits per heavy atom. The largest absolute Gasteiger partial charge is 0.384 e. The van der Waals surface area contributed by atoms with Crippen LogP contribution in [0.3, 0.4) is 0 Å². The molecule has 0 unspecified atom stereocenters.